The van der Waals surface area contributed by atoms with Gasteiger partial charge in [0.15, 0.2) is 0 Å². The van der Waals surface area contributed by atoms with Crippen molar-refractivity contribution in [2.75, 3.05) is 6.61 Å². The molecular weight excluding hydrogens is 150 g/mol. The van der Waals surface area contributed by atoms with Gasteiger partial charge in [0.2, 0.25) is 0 Å². The fourth-order valence-electron chi connectivity index (χ4n) is 1.13. The molecule has 1 heterocycles. The Morgan fingerprint density at radius 3 is 3.08 bits per heavy atom. The van der Waals surface area contributed by atoms with Crippen LogP contribution in [0, 0.1) is 0 Å². The summed E-state index contributed by atoms with van der Waals surface area (Å²) < 4.78 is 38.3. The Morgan fingerprint density at radius 2 is 2.25 bits per heavy atom. The standard InChI is InChI=1S/C10H11NO/c12-6-5-8-7-11-10-4-2-1-3-9(8)10/h1-4,7,11-12H,5-6H2/i1D,2D,3D,4D,7D. The average molecular weight is 166 g/mol. The Bertz CT molecular complexity index is 592. The van der Waals surface area contributed by atoms with Gasteiger partial charge in [-0.1, -0.05) is 18.1 Å². The molecule has 1 aromatic carbocycles. The van der Waals surface area contributed by atoms with E-state index in [4.69, 9.17) is 12.0 Å². The van der Waals surface area contributed by atoms with Gasteiger partial charge in [-0.3, -0.25) is 0 Å². The number of hydrogen-bond acceptors (Lipinski definition) is 1. The second-order valence-corrected chi connectivity index (χ2v) is 2.45. The van der Waals surface area contributed by atoms with E-state index in [1.807, 2.05) is 0 Å². The molecule has 0 saturated carbocycles. The number of para-hydroxylation sites is 1. The van der Waals surface area contributed by atoms with E-state index < -0.39 is 0 Å². The number of fused-ring (bicyclic) bond motifs is 1. The van der Waals surface area contributed by atoms with Crippen molar-refractivity contribution < 1.29 is 12.0 Å². The summed E-state index contributed by atoms with van der Waals surface area (Å²) in [6.45, 7) is -0.165. The van der Waals surface area contributed by atoms with Gasteiger partial charge >= 0.3 is 0 Å². The van der Waals surface area contributed by atoms with Gasteiger partial charge in [0.25, 0.3) is 0 Å². The van der Waals surface area contributed by atoms with Crippen molar-refractivity contribution in [2.45, 2.75) is 6.42 Å². The third-order valence-electron chi connectivity index (χ3n) is 1.69. The number of rotatable bonds is 2. The number of aliphatic hydroxyl groups excluding tert-OH is 1. The third-order valence-corrected chi connectivity index (χ3v) is 1.69. The van der Waals surface area contributed by atoms with Crippen LogP contribution in [0.3, 0.4) is 0 Å². The third kappa shape index (κ3) is 1.10. The van der Waals surface area contributed by atoms with Crippen molar-refractivity contribution in [2.24, 2.45) is 0 Å². The van der Waals surface area contributed by atoms with Gasteiger partial charge in [-0.2, -0.15) is 0 Å². The number of aromatic nitrogens is 1. The number of benzene rings is 1. The maximum Gasteiger partial charge on any atom is 0.0819 e. The van der Waals surface area contributed by atoms with Crippen LogP contribution in [0.2, 0.25) is 0 Å². The summed E-state index contributed by atoms with van der Waals surface area (Å²) in [5.41, 5.74) is 0.652. The molecule has 2 rings (SSSR count). The van der Waals surface area contributed by atoms with E-state index in [2.05, 4.69) is 4.98 Å². The molecule has 0 aliphatic heterocycles. The lowest BCUT2D eigenvalue weighted by molar-refractivity contribution is 0.300. The molecule has 2 heteroatoms. The summed E-state index contributed by atoms with van der Waals surface area (Å²) in [6, 6.07) is -0.988. The summed E-state index contributed by atoms with van der Waals surface area (Å²) in [4.78, 5) is 2.63. The number of hydrogen-bond donors (Lipinski definition) is 2. The van der Waals surface area contributed by atoms with Crippen LogP contribution < -0.4 is 0 Å². The minimum atomic E-state index is -0.320. The number of nitrogens with one attached hydrogen (secondary N) is 1. The van der Waals surface area contributed by atoms with E-state index >= 15 is 0 Å². The molecule has 0 aliphatic carbocycles. The first-order valence-electron chi connectivity index (χ1n) is 6.17. The predicted molar refractivity (Wildman–Crippen MR) is 49.1 cm³/mol. The zero-order valence-corrected chi connectivity index (χ0v) is 6.36. The molecule has 0 atom stereocenters. The Kier molecular flexibility index (Phi) is 0.903. The molecule has 2 N–H and O–H groups in total. The molecule has 1 aromatic heterocycles. The fourth-order valence-corrected chi connectivity index (χ4v) is 1.13. The Labute approximate surface area is 77.9 Å². The van der Waals surface area contributed by atoms with E-state index in [1.54, 1.807) is 0 Å². The molecule has 2 aromatic rings. The summed E-state index contributed by atoms with van der Waals surface area (Å²) in [5, 5.41) is 9.22. The van der Waals surface area contributed by atoms with Crippen LogP contribution in [0.5, 0.6) is 0 Å². The van der Waals surface area contributed by atoms with Crippen LogP contribution in [0.1, 0.15) is 12.4 Å². The highest BCUT2D eigenvalue weighted by Crippen LogP contribution is 2.17. The smallest absolute Gasteiger partial charge is 0.0819 e. The minimum absolute atomic E-state index is 0.0288. The van der Waals surface area contributed by atoms with Crippen LogP contribution in [-0.2, 0) is 6.42 Å². The molecular formula is C10H11NO. The molecule has 0 amide bonds. The quantitative estimate of drug-likeness (QED) is 0.700. The SMILES string of the molecule is [2H]c1[nH]c2c([2H])c([2H])c([2H])c([2H])c2c1CCO. The van der Waals surface area contributed by atoms with Crippen molar-refractivity contribution in [1.29, 1.82) is 0 Å². The van der Waals surface area contributed by atoms with Crippen LogP contribution in [0.15, 0.2) is 30.3 Å². The monoisotopic (exact) mass is 166 g/mol. The van der Waals surface area contributed by atoms with Crippen molar-refractivity contribution >= 4 is 10.9 Å². The second kappa shape index (κ2) is 2.99. The first-order valence-corrected chi connectivity index (χ1v) is 3.67. The lowest BCUT2D eigenvalue weighted by Gasteiger charge is -1.93. The normalized spacial score (nSPS) is 16.6. The largest absolute Gasteiger partial charge is 0.396 e. The van der Waals surface area contributed by atoms with Crippen LogP contribution in [0.25, 0.3) is 10.9 Å². The van der Waals surface area contributed by atoms with Gasteiger partial charge in [-0.05, 0) is 18.0 Å². The van der Waals surface area contributed by atoms with E-state index in [1.165, 1.54) is 0 Å². The lowest BCUT2D eigenvalue weighted by atomic mass is 10.1. The first kappa shape index (κ1) is 3.62. The van der Waals surface area contributed by atoms with Gasteiger partial charge in [0.1, 0.15) is 0 Å². The molecule has 12 heavy (non-hydrogen) atoms. The lowest BCUT2D eigenvalue weighted by Crippen LogP contribution is -1.87. The molecule has 0 spiro atoms. The molecule has 2 nitrogen and oxygen atoms in total. The zero-order valence-electron chi connectivity index (χ0n) is 11.4. The Hall–Kier alpha value is -1.28. The maximum atomic E-state index is 8.92. The van der Waals surface area contributed by atoms with Gasteiger partial charge in [0, 0.05) is 23.7 Å². The predicted octanol–water partition coefficient (Wildman–Crippen LogP) is 1.70. The minimum Gasteiger partial charge on any atom is -0.396 e. The maximum absolute atomic E-state index is 8.92. The number of aliphatic hydroxyl groups is 1. The van der Waals surface area contributed by atoms with Gasteiger partial charge < -0.3 is 10.1 Å². The molecule has 0 unspecified atom stereocenters. The summed E-state index contributed by atoms with van der Waals surface area (Å²) >= 11 is 0. The Balaban J connectivity index is 2.91. The second-order valence-electron chi connectivity index (χ2n) is 2.45. The highest BCUT2D eigenvalue weighted by Gasteiger charge is 2.00. The highest BCUT2D eigenvalue weighted by molar-refractivity contribution is 5.82. The molecule has 0 fully saturated rings. The van der Waals surface area contributed by atoms with E-state index in [0.29, 0.717) is 10.9 Å². The highest BCUT2D eigenvalue weighted by atomic mass is 16.2. The van der Waals surface area contributed by atoms with Crippen LogP contribution in [0.4, 0.5) is 0 Å². The van der Waals surface area contributed by atoms with E-state index in [-0.39, 0.29) is 48.9 Å². The average Bonchev–Trinajstić information content (AvgIpc) is 2.62. The summed E-state index contributed by atoms with van der Waals surface area (Å²) in [7, 11) is 0. The Morgan fingerprint density at radius 1 is 1.42 bits per heavy atom. The van der Waals surface area contributed by atoms with E-state index in [9.17, 15) is 0 Å². The number of aromatic amines is 1. The summed E-state index contributed by atoms with van der Waals surface area (Å²) in [6.07, 6.45) is 0.224. The molecule has 0 saturated heterocycles. The topological polar surface area (TPSA) is 36.0 Å². The molecule has 62 valence electrons. The molecule has 0 bridgehead atoms. The summed E-state index contributed by atoms with van der Waals surface area (Å²) in [5.74, 6) is 0. The molecule has 0 aliphatic rings. The van der Waals surface area contributed by atoms with Gasteiger partial charge in [0.05, 0.1) is 6.85 Å². The zero-order chi connectivity index (χ0) is 12.7. The number of H-pyrrole nitrogens is 1. The van der Waals surface area contributed by atoms with Gasteiger partial charge in [-0.25, -0.2) is 0 Å². The van der Waals surface area contributed by atoms with E-state index in [0.717, 1.165) is 0 Å². The van der Waals surface area contributed by atoms with Gasteiger partial charge in [-0.15, -0.1) is 0 Å². The van der Waals surface area contributed by atoms with Crippen LogP contribution in [-0.4, -0.2) is 16.7 Å². The van der Waals surface area contributed by atoms with Crippen LogP contribution >= 0.6 is 0 Å². The van der Waals surface area contributed by atoms with Crippen molar-refractivity contribution in [3.8, 4) is 0 Å². The van der Waals surface area contributed by atoms with Crippen molar-refractivity contribution in [3.05, 3.63) is 35.9 Å². The van der Waals surface area contributed by atoms with Crippen molar-refractivity contribution in [1.82, 2.24) is 4.98 Å². The fraction of sp³-hybridized carbons (Fsp3) is 0.200. The molecule has 0 radical (unpaired) electrons. The first-order chi connectivity index (χ1) is 7.99. The van der Waals surface area contributed by atoms with Crippen molar-refractivity contribution in [3.63, 3.8) is 0 Å².